The van der Waals surface area contributed by atoms with E-state index in [1.54, 1.807) is 12.1 Å². The Morgan fingerprint density at radius 3 is 2.70 bits per heavy atom. The van der Waals surface area contributed by atoms with Crippen molar-refractivity contribution in [2.75, 3.05) is 0 Å². The lowest BCUT2D eigenvalue weighted by atomic mass is 9.91. The predicted molar refractivity (Wildman–Crippen MR) is 115 cm³/mol. The van der Waals surface area contributed by atoms with Gasteiger partial charge in [0, 0.05) is 6.07 Å². The second-order valence-electron chi connectivity index (χ2n) is 8.66. The molecule has 30 heavy (non-hydrogen) atoms. The number of phenolic OH excluding ortho intramolecular Hbond substituents is 2. The minimum absolute atomic E-state index is 0.113. The number of hydrogen-bond donors (Lipinski definition) is 2. The Hall–Kier alpha value is -3.21. The van der Waals surface area contributed by atoms with Gasteiger partial charge in [-0.25, -0.2) is 0 Å². The fraction of sp³-hybridized carbons (Fsp3) is 0.320. The molecule has 0 bridgehead atoms. The van der Waals surface area contributed by atoms with Crippen molar-refractivity contribution in [1.29, 1.82) is 0 Å². The van der Waals surface area contributed by atoms with Crippen molar-refractivity contribution in [2.45, 2.75) is 52.2 Å². The third-order valence-electron chi connectivity index (χ3n) is 5.40. The lowest BCUT2D eigenvalue weighted by molar-refractivity contribution is 0.0841. The van der Waals surface area contributed by atoms with Gasteiger partial charge in [-0.1, -0.05) is 17.7 Å². The molecule has 0 saturated heterocycles. The van der Waals surface area contributed by atoms with Crippen LogP contribution in [0.2, 0.25) is 0 Å². The molecule has 0 spiro atoms. The fourth-order valence-electron chi connectivity index (χ4n) is 3.80. The minimum atomic E-state index is -0.511. The van der Waals surface area contributed by atoms with Crippen LogP contribution in [0.25, 0.3) is 6.08 Å². The molecule has 0 aromatic heterocycles. The highest BCUT2D eigenvalue weighted by Gasteiger charge is 2.35. The molecule has 2 aliphatic rings. The van der Waals surface area contributed by atoms with E-state index < -0.39 is 11.7 Å². The largest absolute Gasteiger partial charge is 0.508 e. The molecule has 156 valence electrons. The van der Waals surface area contributed by atoms with Gasteiger partial charge in [0.25, 0.3) is 0 Å². The number of aromatic hydroxyl groups is 2. The summed E-state index contributed by atoms with van der Waals surface area (Å²) in [6.07, 6.45) is 6.03. The number of ether oxygens (including phenoxy) is 2. The fourth-order valence-corrected chi connectivity index (χ4v) is 3.80. The highest BCUT2D eigenvalue weighted by molar-refractivity contribution is 6.04. The van der Waals surface area contributed by atoms with Crippen LogP contribution in [0.1, 0.15) is 67.3 Å². The van der Waals surface area contributed by atoms with Crippen molar-refractivity contribution in [2.24, 2.45) is 0 Å². The number of carbonyl (C=O) groups is 1. The van der Waals surface area contributed by atoms with Gasteiger partial charge < -0.3 is 19.7 Å². The molecule has 0 radical (unpaired) electrons. The number of allylic oxidation sites excluding steroid dienone is 2. The van der Waals surface area contributed by atoms with E-state index in [0.717, 1.165) is 16.7 Å². The molecule has 2 aromatic rings. The smallest absolute Gasteiger partial charge is 0.174 e. The predicted octanol–water partition coefficient (Wildman–Crippen LogP) is 5.50. The number of phenols is 2. The lowest BCUT2D eigenvalue weighted by Crippen LogP contribution is -2.29. The number of carbonyl (C=O) groups excluding carboxylic acids is 1. The van der Waals surface area contributed by atoms with E-state index in [-0.39, 0.29) is 29.3 Å². The van der Waals surface area contributed by atoms with Crippen molar-refractivity contribution >= 4 is 11.9 Å². The number of Topliss-reactive ketones (excluding diaryl/α,β-unsaturated/α-hetero) is 1. The van der Waals surface area contributed by atoms with E-state index in [2.05, 4.69) is 0 Å². The maximum atomic E-state index is 12.9. The van der Waals surface area contributed by atoms with E-state index in [4.69, 9.17) is 9.47 Å². The Balaban J connectivity index is 1.74. The van der Waals surface area contributed by atoms with Crippen LogP contribution < -0.4 is 9.47 Å². The van der Waals surface area contributed by atoms with E-state index in [1.165, 1.54) is 6.07 Å². The van der Waals surface area contributed by atoms with E-state index in [9.17, 15) is 15.0 Å². The van der Waals surface area contributed by atoms with Crippen LogP contribution >= 0.6 is 0 Å². The average Bonchev–Trinajstić information content (AvgIpc) is 2.65. The molecule has 5 heteroatoms. The monoisotopic (exact) mass is 406 g/mol. The molecule has 0 fully saturated rings. The van der Waals surface area contributed by atoms with Crippen LogP contribution in [0.4, 0.5) is 0 Å². The molecule has 2 N–H and O–H groups in total. The van der Waals surface area contributed by atoms with Gasteiger partial charge in [-0.15, -0.1) is 0 Å². The van der Waals surface area contributed by atoms with Crippen molar-refractivity contribution in [1.82, 2.24) is 0 Å². The normalized spacial score (nSPS) is 18.7. The Morgan fingerprint density at radius 2 is 1.97 bits per heavy atom. The van der Waals surface area contributed by atoms with Gasteiger partial charge in [-0.3, -0.25) is 4.79 Å². The van der Waals surface area contributed by atoms with Crippen molar-refractivity contribution < 1.29 is 24.5 Å². The highest BCUT2D eigenvalue weighted by Crippen LogP contribution is 2.48. The maximum Gasteiger partial charge on any atom is 0.174 e. The summed E-state index contributed by atoms with van der Waals surface area (Å²) in [6.45, 7) is 7.85. The van der Waals surface area contributed by atoms with Crippen LogP contribution in [0.3, 0.4) is 0 Å². The zero-order valence-corrected chi connectivity index (χ0v) is 17.7. The lowest BCUT2D eigenvalue weighted by Gasteiger charge is -2.33. The molecule has 2 aliphatic heterocycles. The first-order chi connectivity index (χ1) is 14.1. The minimum Gasteiger partial charge on any atom is -0.508 e. The molecule has 0 aliphatic carbocycles. The van der Waals surface area contributed by atoms with Crippen LogP contribution in [0.15, 0.2) is 42.0 Å². The second kappa shape index (κ2) is 7.24. The zero-order chi connectivity index (χ0) is 21.6. The molecule has 5 nitrogen and oxygen atoms in total. The van der Waals surface area contributed by atoms with E-state index >= 15 is 0 Å². The van der Waals surface area contributed by atoms with E-state index in [1.807, 2.05) is 52.0 Å². The number of hydrogen-bond acceptors (Lipinski definition) is 5. The molecule has 4 rings (SSSR count). The Morgan fingerprint density at radius 1 is 1.20 bits per heavy atom. The summed E-state index contributed by atoms with van der Waals surface area (Å²) in [5.74, 6) is 0.735. The summed E-state index contributed by atoms with van der Waals surface area (Å²) in [5.41, 5.74) is 3.09. The SMILES string of the molecule is CC(C)=CCc1cc(C2CC(=O)c3c(O)cc4c(c3O2)C=CC(C)(C)O4)ccc1O. The van der Waals surface area contributed by atoms with Gasteiger partial charge in [-0.05, 0) is 69.5 Å². The highest BCUT2D eigenvalue weighted by atomic mass is 16.5. The summed E-state index contributed by atoms with van der Waals surface area (Å²) >= 11 is 0. The van der Waals surface area contributed by atoms with Crippen molar-refractivity contribution in [3.8, 4) is 23.0 Å². The van der Waals surface area contributed by atoms with Crippen molar-refractivity contribution in [3.05, 3.63) is 64.2 Å². The Bertz CT molecular complexity index is 1090. The quantitative estimate of drug-likeness (QED) is 0.659. The van der Waals surface area contributed by atoms with E-state index in [0.29, 0.717) is 23.5 Å². The summed E-state index contributed by atoms with van der Waals surface area (Å²) in [4.78, 5) is 12.9. The maximum absolute atomic E-state index is 12.9. The third kappa shape index (κ3) is 3.67. The first-order valence-electron chi connectivity index (χ1n) is 10.1. The van der Waals surface area contributed by atoms with Gasteiger partial charge in [-0.2, -0.15) is 0 Å². The molecule has 2 aromatic carbocycles. The van der Waals surface area contributed by atoms with Crippen LogP contribution in [0.5, 0.6) is 23.0 Å². The first kappa shape index (κ1) is 20.1. The molecule has 1 atom stereocenters. The Kier molecular flexibility index (Phi) is 4.85. The van der Waals surface area contributed by atoms with Crippen molar-refractivity contribution in [3.63, 3.8) is 0 Å². The topological polar surface area (TPSA) is 76.0 Å². The number of fused-ring (bicyclic) bond motifs is 3. The molecule has 0 amide bonds. The van der Waals surface area contributed by atoms with Crippen LogP contribution in [-0.2, 0) is 6.42 Å². The zero-order valence-electron chi connectivity index (χ0n) is 17.7. The van der Waals surface area contributed by atoms with Gasteiger partial charge in [0.05, 0.1) is 12.0 Å². The first-order valence-corrected chi connectivity index (χ1v) is 10.1. The van der Waals surface area contributed by atoms with Gasteiger partial charge in [0.15, 0.2) is 5.78 Å². The Labute approximate surface area is 176 Å². The average molecular weight is 406 g/mol. The molecular weight excluding hydrogens is 380 g/mol. The standard InChI is InChI=1S/C25H26O5/c1-14(2)5-6-15-11-16(7-8-18(15)26)21-12-19(27)23-20(28)13-22-17(24(23)29-21)9-10-25(3,4)30-22/h5,7-11,13,21,26,28H,6,12H2,1-4H3. The summed E-state index contributed by atoms with van der Waals surface area (Å²) < 4.78 is 12.2. The molecule has 2 heterocycles. The third-order valence-corrected chi connectivity index (χ3v) is 5.40. The summed E-state index contributed by atoms with van der Waals surface area (Å²) in [5, 5.41) is 20.7. The van der Waals surface area contributed by atoms with Gasteiger partial charge in [0.2, 0.25) is 0 Å². The van der Waals surface area contributed by atoms with Gasteiger partial charge in [0.1, 0.15) is 40.3 Å². The summed E-state index contributed by atoms with van der Waals surface area (Å²) in [7, 11) is 0. The second-order valence-corrected chi connectivity index (χ2v) is 8.66. The van der Waals surface area contributed by atoms with Gasteiger partial charge >= 0.3 is 0 Å². The van der Waals surface area contributed by atoms with Crippen LogP contribution in [0, 0.1) is 0 Å². The summed E-state index contributed by atoms with van der Waals surface area (Å²) in [6, 6.07) is 6.77. The molecular formula is C25H26O5. The molecule has 1 unspecified atom stereocenters. The number of ketones is 1. The molecule has 0 saturated carbocycles. The number of rotatable bonds is 3. The number of benzene rings is 2. The van der Waals surface area contributed by atoms with Crippen LogP contribution in [-0.4, -0.2) is 21.6 Å².